The quantitative estimate of drug-likeness (QED) is 0.484. The Morgan fingerprint density at radius 1 is 1.10 bits per heavy atom. The van der Waals surface area contributed by atoms with Crippen molar-refractivity contribution in [3.63, 3.8) is 0 Å². The topological polar surface area (TPSA) is 93.2 Å². The standard InChI is InChI=1S/C22H30N2O6S/c1-17-13-18(2)15-23(14-17)21(25)16-30-22(26)8-5-19-3-6-20(7-4-19)31(27,28)24-9-11-29-12-10-24/h3-8,17-18H,9-16H2,1-2H3. The first-order valence-electron chi connectivity index (χ1n) is 10.6. The maximum Gasteiger partial charge on any atom is 0.331 e. The molecule has 2 saturated heterocycles. The van der Waals surface area contributed by atoms with Crippen molar-refractivity contribution in [1.29, 1.82) is 0 Å². The summed E-state index contributed by atoms with van der Waals surface area (Å²) in [5.74, 6) is 0.0888. The number of benzene rings is 1. The summed E-state index contributed by atoms with van der Waals surface area (Å²) in [6.45, 7) is 6.78. The van der Waals surface area contributed by atoms with Crippen molar-refractivity contribution in [2.24, 2.45) is 11.8 Å². The number of ether oxygens (including phenoxy) is 2. The Balaban J connectivity index is 1.51. The summed E-state index contributed by atoms with van der Waals surface area (Å²) in [6.07, 6.45) is 3.86. The minimum atomic E-state index is -3.55. The number of carbonyl (C=O) groups excluding carboxylic acids is 2. The second-order valence-electron chi connectivity index (χ2n) is 8.27. The third-order valence-electron chi connectivity index (χ3n) is 5.46. The summed E-state index contributed by atoms with van der Waals surface area (Å²) in [7, 11) is -3.55. The monoisotopic (exact) mass is 450 g/mol. The number of sulfonamides is 1. The smallest absolute Gasteiger partial charge is 0.331 e. The van der Waals surface area contributed by atoms with Gasteiger partial charge in [0.2, 0.25) is 10.0 Å². The predicted octanol–water partition coefficient (Wildman–Crippen LogP) is 1.77. The second-order valence-corrected chi connectivity index (χ2v) is 10.2. The Hall–Kier alpha value is -2.23. The van der Waals surface area contributed by atoms with E-state index in [-0.39, 0.29) is 17.4 Å². The summed E-state index contributed by atoms with van der Waals surface area (Å²) >= 11 is 0. The van der Waals surface area contributed by atoms with Gasteiger partial charge in [0.1, 0.15) is 0 Å². The Morgan fingerprint density at radius 3 is 2.32 bits per heavy atom. The molecule has 2 atom stereocenters. The number of hydrogen-bond donors (Lipinski definition) is 0. The van der Waals surface area contributed by atoms with Crippen molar-refractivity contribution in [3.8, 4) is 0 Å². The summed E-state index contributed by atoms with van der Waals surface area (Å²) in [6, 6.07) is 6.27. The minimum Gasteiger partial charge on any atom is -0.452 e. The summed E-state index contributed by atoms with van der Waals surface area (Å²) in [5, 5.41) is 0. The third-order valence-corrected chi connectivity index (χ3v) is 7.37. The zero-order valence-electron chi connectivity index (χ0n) is 18.0. The fourth-order valence-electron chi connectivity index (χ4n) is 3.99. The number of piperidine rings is 1. The molecule has 2 heterocycles. The van der Waals surface area contributed by atoms with Gasteiger partial charge in [-0.2, -0.15) is 4.31 Å². The molecule has 9 heteroatoms. The van der Waals surface area contributed by atoms with E-state index in [1.54, 1.807) is 17.0 Å². The third kappa shape index (κ3) is 6.38. The SMILES string of the molecule is CC1CC(C)CN(C(=O)COC(=O)C=Cc2ccc(S(=O)(=O)N3CCOCC3)cc2)C1. The fraction of sp³-hybridized carbons (Fsp3) is 0.545. The number of hydrogen-bond acceptors (Lipinski definition) is 6. The molecule has 31 heavy (non-hydrogen) atoms. The number of esters is 1. The Labute approximate surface area is 183 Å². The van der Waals surface area contributed by atoms with Crippen molar-refractivity contribution < 1.29 is 27.5 Å². The van der Waals surface area contributed by atoms with Gasteiger partial charge in [0, 0.05) is 32.3 Å². The summed E-state index contributed by atoms with van der Waals surface area (Å²) < 4.78 is 36.9. The molecule has 0 aromatic heterocycles. The first-order valence-corrected chi connectivity index (χ1v) is 12.0. The van der Waals surface area contributed by atoms with Crippen LogP contribution < -0.4 is 0 Å². The normalized spacial score (nSPS) is 23.1. The van der Waals surface area contributed by atoms with Gasteiger partial charge in [0.15, 0.2) is 6.61 Å². The van der Waals surface area contributed by atoms with Crippen LogP contribution in [-0.2, 0) is 29.1 Å². The molecule has 2 unspecified atom stereocenters. The molecule has 2 aliphatic heterocycles. The lowest BCUT2D eigenvalue weighted by Gasteiger charge is -2.34. The first-order chi connectivity index (χ1) is 14.8. The summed E-state index contributed by atoms with van der Waals surface area (Å²) in [5.41, 5.74) is 0.655. The van der Waals surface area contributed by atoms with Gasteiger partial charge in [0.25, 0.3) is 5.91 Å². The highest BCUT2D eigenvalue weighted by molar-refractivity contribution is 7.89. The van der Waals surface area contributed by atoms with Crippen LogP contribution in [0.25, 0.3) is 6.08 Å². The molecule has 0 bridgehead atoms. The average Bonchev–Trinajstić information content (AvgIpc) is 2.76. The maximum atomic E-state index is 12.6. The van der Waals surface area contributed by atoms with E-state index in [0.29, 0.717) is 56.8 Å². The van der Waals surface area contributed by atoms with Crippen LogP contribution in [0.4, 0.5) is 0 Å². The molecule has 0 saturated carbocycles. The molecule has 1 aromatic carbocycles. The molecule has 2 fully saturated rings. The molecule has 8 nitrogen and oxygen atoms in total. The average molecular weight is 451 g/mol. The van der Waals surface area contributed by atoms with E-state index in [0.717, 1.165) is 6.42 Å². The highest BCUT2D eigenvalue weighted by Crippen LogP contribution is 2.21. The number of nitrogens with zero attached hydrogens (tertiary/aromatic N) is 2. The zero-order valence-corrected chi connectivity index (χ0v) is 18.8. The van der Waals surface area contributed by atoms with Gasteiger partial charge in [-0.3, -0.25) is 4.79 Å². The van der Waals surface area contributed by atoms with Gasteiger partial charge in [-0.1, -0.05) is 26.0 Å². The number of rotatable bonds is 6. The molecule has 2 aliphatic rings. The molecule has 1 amide bonds. The highest BCUT2D eigenvalue weighted by Gasteiger charge is 2.27. The molecular formula is C22H30N2O6S. The van der Waals surface area contributed by atoms with Crippen molar-refractivity contribution >= 4 is 28.0 Å². The van der Waals surface area contributed by atoms with Gasteiger partial charge in [-0.25, -0.2) is 13.2 Å². The van der Waals surface area contributed by atoms with Crippen LogP contribution in [-0.4, -0.2) is 75.5 Å². The number of likely N-dealkylation sites (tertiary alicyclic amines) is 1. The predicted molar refractivity (Wildman–Crippen MR) is 116 cm³/mol. The number of morpholine rings is 1. The van der Waals surface area contributed by atoms with Crippen molar-refractivity contribution in [2.45, 2.75) is 25.2 Å². The first kappa shape index (κ1) is 23.4. The molecule has 3 rings (SSSR count). The molecule has 0 aliphatic carbocycles. The molecule has 1 aromatic rings. The zero-order chi connectivity index (χ0) is 22.4. The van der Waals surface area contributed by atoms with Gasteiger partial charge in [-0.05, 0) is 42.0 Å². The Bertz CT molecular complexity index is 896. The lowest BCUT2D eigenvalue weighted by molar-refractivity contribution is -0.149. The van der Waals surface area contributed by atoms with E-state index in [4.69, 9.17) is 9.47 Å². The Morgan fingerprint density at radius 2 is 1.71 bits per heavy atom. The van der Waals surface area contributed by atoms with Crippen LogP contribution in [0.15, 0.2) is 35.2 Å². The molecular weight excluding hydrogens is 420 g/mol. The lowest BCUT2D eigenvalue weighted by Crippen LogP contribution is -2.44. The van der Waals surface area contributed by atoms with Crippen LogP contribution in [0.5, 0.6) is 0 Å². The van der Waals surface area contributed by atoms with Crippen molar-refractivity contribution in [3.05, 3.63) is 35.9 Å². The van der Waals surface area contributed by atoms with Crippen molar-refractivity contribution in [1.82, 2.24) is 9.21 Å². The summed E-state index contributed by atoms with van der Waals surface area (Å²) in [4.78, 5) is 26.2. The van der Waals surface area contributed by atoms with E-state index in [2.05, 4.69) is 13.8 Å². The maximum absolute atomic E-state index is 12.6. The second kappa shape index (κ2) is 10.4. The van der Waals surface area contributed by atoms with Crippen LogP contribution in [0.3, 0.4) is 0 Å². The largest absolute Gasteiger partial charge is 0.452 e. The number of amides is 1. The Kier molecular flexibility index (Phi) is 7.85. The van der Waals surface area contributed by atoms with Crippen LogP contribution in [0, 0.1) is 11.8 Å². The van der Waals surface area contributed by atoms with Gasteiger partial charge >= 0.3 is 5.97 Å². The minimum absolute atomic E-state index is 0.183. The molecule has 0 radical (unpaired) electrons. The van der Waals surface area contributed by atoms with E-state index in [1.807, 2.05) is 0 Å². The van der Waals surface area contributed by atoms with Gasteiger partial charge in [0.05, 0.1) is 18.1 Å². The molecule has 0 spiro atoms. The van der Waals surface area contributed by atoms with Crippen LogP contribution in [0.1, 0.15) is 25.8 Å². The van der Waals surface area contributed by atoms with E-state index in [9.17, 15) is 18.0 Å². The van der Waals surface area contributed by atoms with E-state index >= 15 is 0 Å². The van der Waals surface area contributed by atoms with Crippen molar-refractivity contribution in [2.75, 3.05) is 46.0 Å². The molecule has 0 N–H and O–H groups in total. The highest BCUT2D eigenvalue weighted by atomic mass is 32.2. The van der Waals surface area contributed by atoms with Crippen LogP contribution >= 0.6 is 0 Å². The molecule has 170 valence electrons. The van der Waals surface area contributed by atoms with E-state index in [1.165, 1.54) is 28.6 Å². The van der Waals surface area contributed by atoms with E-state index < -0.39 is 16.0 Å². The van der Waals surface area contributed by atoms with Gasteiger partial charge < -0.3 is 14.4 Å². The van der Waals surface area contributed by atoms with Gasteiger partial charge in [-0.15, -0.1) is 0 Å². The van der Waals surface area contributed by atoms with Crippen LogP contribution in [0.2, 0.25) is 0 Å². The lowest BCUT2D eigenvalue weighted by atomic mass is 9.92. The number of carbonyl (C=O) groups is 2. The fourth-order valence-corrected chi connectivity index (χ4v) is 5.40.